The molecule has 0 bridgehead atoms. The summed E-state index contributed by atoms with van der Waals surface area (Å²) in [5, 5.41) is 0. The van der Waals surface area contributed by atoms with Gasteiger partial charge in [-0.3, -0.25) is 0 Å². The Hall–Kier alpha value is -1.54. The number of para-hydroxylation sites is 2. The van der Waals surface area contributed by atoms with Gasteiger partial charge in [0.25, 0.3) is 0 Å². The van der Waals surface area contributed by atoms with Gasteiger partial charge in [-0.2, -0.15) is 9.13 Å². The van der Waals surface area contributed by atoms with Crippen molar-refractivity contribution in [1.82, 2.24) is 4.57 Å². The summed E-state index contributed by atoms with van der Waals surface area (Å²) >= 11 is 0. The molecule has 1 heterocycles. The Morgan fingerprint density at radius 3 is 1.45 bits per heavy atom. The Labute approximate surface area is 206 Å². The quantitative estimate of drug-likeness (QED) is 0.367. The largest absolute Gasteiger partial charge is 1.00 e. The van der Waals surface area contributed by atoms with E-state index in [1.165, 1.54) is 33.6 Å². The summed E-state index contributed by atoms with van der Waals surface area (Å²) < 4.78 is 4.40. The van der Waals surface area contributed by atoms with Crippen LogP contribution >= 0.6 is 0 Å². The Kier molecular flexibility index (Phi) is 10.1. The van der Waals surface area contributed by atoms with Crippen LogP contribution in [0.25, 0.3) is 11.4 Å². The van der Waals surface area contributed by atoms with Crippen LogP contribution < -0.4 is 17.0 Å². The fraction of sp³-hybridized carbons (Fsp3) is 0.444. The van der Waals surface area contributed by atoms with E-state index < -0.39 is 0 Å². The molecular weight excluding hydrogens is 451 g/mol. The summed E-state index contributed by atoms with van der Waals surface area (Å²) in [4.78, 5) is 0. The first-order valence-corrected chi connectivity index (χ1v) is 11.0. The molecule has 2 nitrogen and oxygen atoms in total. The van der Waals surface area contributed by atoms with Gasteiger partial charge in [-0.25, -0.2) is 0 Å². The molecule has 0 atom stereocenters. The maximum Gasteiger partial charge on any atom is 1.00 e. The van der Waals surface area contributed by atoms with E-state index in [0.717, 1.165) is 0 Å². The minimum Gasteiger partial charge on any atom is -1.00 e. The van der Waals surface area contributed by atoms with E-state index in [-0.39, 0.29) is 29.5 Å². The van der Waals surface area contributed by atoms with Crippen molar-refractivity contribution < 1.29 is 34.0 Å². The van der Waals surface area contributed by atoms with Crippen LogP contribution in [0.15, 0.2) is 48.8 Å². The summed E-state index contributed by atoms with van der Waals surface area (Å²) in [7, 11) is 0. The third-order valence-electron chi connectivity index (χ3n) is 5.75. The van der Waals surface area contributed by atoms with Gasteiger partial charge in [-0.05, 0) is 23.7 Å². The van der Waals surface area contributed by atoms with Gasteiger partial charge < -0.3 is 12.4 Å². The number of hydrogen-bond donors (Lipinski definition) is 0. The summed E-state index contributed by atoms with van der Waals surface area (Å²) in [6.45, 7) is 18.2. The Bertz CT molecular complexity index is 856. The minimum absolute atomic E-state index is 0. The topological polar surface area (TPSA) is 8.81 Å². The maximum absolute atomic E-state index is 3.66. The van der Waals surface area contributed by atoms with E-state index in [9.17, 15) is 0 Å². The number of hydrogen-bond acceptors (Lipinski definition) is 0. The molecule has 0 spiro atoms. The van der Waals surface area contributed by atoms with Gasteiger partial charge in [-0.15, -0.1) is 0 Å². The molecule has 171 valence electrons. The van der Waals surface area contributed by atoms with Crippen LogP contribution in [0, 0.1) is 6.33 Å². The maximum atomic E-state index is 3.66. The molecule has 0 aliphatic carbocycles. The number of nitrogens with zero attached hydrogens (tertiary/aromatic N) is 2. The van der Waals surface area contributed by atoms with Gasteiger partial charge in [0.2, 0.25) is 0 Å². The SMILES string of the molecule is CC(C)c1cccc(C(C)C)c1-n1[c][n+](-c2c(C(C)C)cccc2C(C)C)cc1.[Cl-].[Cu+]. The summed E-state index contributed by atoms with van der Waals surface area (Å²) in [6, 6.07) is 13.4. The predicted molar refractivity (Wildman–Crippen MR) is 122 cm³/mol. The minimum atomic E-state index is 0. The number of rotatable bonds is 6. The molecule has 0 unspecified atom stereocenters. The van der Waals surface area contributed by atoms with Crippen LogP contribution in [-0.4, -0.2) is 4.57 Å². The van der Waals surface area contributed by atoms with Gasteiger partial charge in [-0.1, -0.05) is 91.8 Å². The van der Waals surface area contributed by atoms with Crippen LogP contribution in [0.3, 0.4) is 0 Å². The van der Waals surface area contributed by atoms with E-state index >= 15 is 0 Å². The second kappa shape index (κ2) is 11.4. The molecule has 0 saturated heterocycles. The Morgan fingerprint density at radius 1 is 0.677 bits per heavy atom. The van der Waals surface area contributed by atoms with Crippen LogP contribution in [-0.2, 0) is 17.1 Å². The zero-order chi connectivity index (χ0) is 21.3. The zero-order valence-corrected chi connectivity index (χ0v) is 21.7. The molecule has 1 radical (unpaired) electrons. The Balaban J connectivity index is 0.00000240. The molecule has 2 aromatic carbocycles. The zero-order valence-electron chi connectivity index (χ0n) is 20.0. The van der Waals surface area contributed by atoms with Crippen LogP contribution in [0.5, 0.6) is 0 Å². The molecule has 4 heteroatoms. The van der Waals surface area contributed by atoms with Gasteiger partial charge in [0.05, 0.1) is 0 Å². The monoisotopic (exact) mass is 486 g/mol. The number of aromatic nitrogens is 2. The van der Waals surface area contributed by atoms with Crippen LogP contribution in [0.1, 0.15) is 101 Å². The standard InChI is InChI=1S/C27H36N2.ClH.Cu/c1-18(2)22-11-9-12-23(19(3)4)26(22)28-15-16-29(17-28)27-24(20(5)6)13-10-14-25(27)21(7)8;;/h9-16,18-21H,1-8H3;1H;/q+1;;+1/p-1. The molecule has 3 aromatic rings. The smallest absolute Gasteiger partial charge is 1.00 e. The molecule has 0 aliphatic heterocycles. The molecule has 0 saturated carbocycles. The van der Waals surface area contributed by atoms with Gasteiger partial charge in [0.1, 0.15) is 23.8 Å². The second-order valence-corrected chi connectivity index (χ2v) is 9.33. The summed E-state index contributed by atoms with van der Waals surface area (Å²) in [6.07, 6.45) is 7.98. The molecule has 1 aromatic heterocycles. The fourth-order valence-electron chi connectivity index (χ4n) is 4.14. The average Bonchev–Trinajstić information content (AvgIpc) is 3.15. The molecular formula is C27H36ClCuN2+. The molecule has 3 rings (SSSR count). The number of benzene rings is 2. The fourth-order valence-corrected chi connectivity index (χ4v) is 4.14. The normalized spacial score (nSPS) is 11.2. The second-order valence-electron chi connectivity index (χ2n) is 9.33. The van der Waals surface area contributed by atoms with Crippen LogP contribution in [0.2, 0.25) is 0 Å². The molecule has 0 N–H and O–H groups in total. The number of imidazole rings is 1. The first-order chi connectivity index (χ1) is 13.7. The predicted octanol–water partition coefficient (Wildman–Crippen LogP) is 4.05. The first kappa shape index (κ1) is 27.5. The molecule has 0 amide bonds. The van der Waals surface area contributed by atoms with Crippen molar-refractivity contribution >= 4 is 0 Å². The van der Waals surface area contributed by atoms with E-state index in [1.54, 1.807) is 0 Å². The molecule has 0 aliphatic rings. The van der Waals surface area contributed by atoms with Gasteiger partial charge in [0.15, 0.2) is 0 Å². The van der Waals surface area contributed by atoms with Crippen LogP contribution in [0.4, 0.5) is 0 Å². The first-order valence-electron chi connectivity index (χ1n) is 11.0. The van der Waals surface area contributed by atoms with Crippen molar-refractivity contribution in [2.45, 2.75) is 79.1 Å². The van der Waals surface area contributed by atoms with E-state index in [0.29, 0.717) is 23.7 Å². The van der Waals surface area contributed by atoms with Crippen molar-refractivity contribution in [3.63, 3.8) is 0 Å². The van der Waals surface area contributed by atoms with Crippen molar-refractivity contribution in [3.05, 3.63) is 77.4 Å². The Morgan fingerprint density at radius 2 is 1.06 bits per heavy atom. The third kappa shape index (κ3) is 5.64. The van der Waals surface area contributed by atoms with Gasteiger partial charge >= 0.3 is 23.4 Å². The average molecular weight is 488 g/mol. The van der Waals surface area contributed by atoms with Crippen molar-refractivity contribution in [3.8, 4) is 11.4 Å². The van der Waals surface area contributed by atoms with Gasteiger partial charge in [0, 0.05) is 22.3 Å². The van der Waals surface area contributed by atoms with E-state index in [1.807, 2.05) is 0 Å². The van der Waals surface area contributed by atoms with Crippen molar-refractivity contribution in [2.24, 2.45) is 0 Å². The molecule has 31 heavy (non-hydrogen) atoms. The molecule has 0 fully saturated rings. The van der Waals surface area contributed by atoms with Crippen molar-refractivity contribution in [2.75, 3.05) is 0 Å². The van der Waals surface area contributed by atoms with E-state index in [2.05, 4.69) is 120 Å². The third-order valence-corrected chi connectivity index (χ3v) is 5.75. The van der Waals surface area contributed by atoms with Crippen molar-refractivity contribution in [1.29, 1.82) is 0 Å². The summed E-state index contributed by atoms with van der Waals surface area (Å²) in [5.41, 5.74) is 8.05. The number of halogens is 1. The summed E-state index contributed by atoms with van der Waals surface area (Å²) in [5.74, 6) is 1.84. The van der Waals surface area contributed by atoms with E-state index in [4.69, 9.17) is 0 Å².